The van der Waals surface area contributed by atoms with Gasteiger partial charge in [-0.15, -0.1) is 0 Å². The second kappa shape index (κ2) is 11.7. The first-order valence-corrected chi connectivity index (χ1v) is 15.0. The van der Waals surface area contributed by atoms with Gasteiger partial charge in [0, 0.05) is 37.4 Å². The second-order valence-corrected chi connectivity index (χ2v) is 12.1. The van der Waals surface area contributed by atoms with Crippen molar-refractivity contribution in [2.45, 2.75) is 74.6 Å². The van der Waals surface area contributed by atoms with Gasteiger partial charge in [-0.25, -0.2) is 14.4 Å². The highest BCUT2D eigenvalue weighted by atomic mass is 16.6. The van der Waals surface area contributed by atoms with Crippen LogP contribution in [0.2, 0.25) is 0 Å². The Kier molecular flexibility index (Phi) is 7.96. The number of carbonyl (C=O) groups is 5. The van der Waals surface area contributed by atoms with Gasteiger partial charge in [0.15, 0.2) is 17.6 Å². The first kappa shape index (κ1) is 32.0. The van der Waals surface area contributed by atoms with Crippen LogP contribution in [0.25, 0.3) is 0 Å². The summed E-state index contributed by atoms with van der Waals surface area (Å²) < 4.78 is 27.3. The first-order valence-electron chi connectivity index (χ1n) is 15.0. The monoisotopic (exact) mass is 651 g/mol. The molecule has 2 aromatic carbocycles. The van der Waals surface area contributed by atoms with E-state index in [1.54, 1.807) is 24.3 Å². The molecule has 2 aliphatic heterocycles. The van der Waals surface area contributed by atoms with Gasteiger partial charge in [0.05, 0.1) is 11.0 Å². The van der Waals surface area contributed by atoms with Crippen molar-refractivity contribution < 1.29 is 63.0 Å². The van der Waals surface area contributed by atoms with E-state index in [0.29, 0.717) is 24.9 Å². The van der Waals surface area contributed by atoms with E-state index in [1.165, 1.54) is 18.2 Å². The number of esters is 4. The lowest BCUT2D eigenvalue weighted by Gasteiger charge is -2.61. The fourth-order valence-electron chi connectivity index (χ4n) is 7.50. The van der Waals surface area contributed by atoms with E-state index >= 15 is 0 Å². The maximum atomic E-state index is 13.9. The molecule has 1 fully saturated rings. The van der Waals surface area contributed by atoms with Gasteiger partial charge < -0.3 is 43.9 Å². The van der Waals surface area contributed by atoms with E-state index in [0.717, 1.165) is 19.4 Å². The third-order valence-corrected chi connectivity index (χ3v) is 9.46. The zero-order chi connectivity index (χ0) is 33.8. The number of likely N-dealkylation sites (N-methyl/N-ethyl adjacent to an activating group) is 1. The fourth-order valence-corrected chi connectivity index (χ4v) is 7.50. The Morgan fingerprint density at radius 2 is 1.64 bits per heavy atom. The molecule has 14 nitrogen and oxygen atoms in total. The summed E-state index contributed by atoms with van der Waals surface area (Å²) in [5.74, 6) is -6.43. The SMILES string of the molecule is CC(=O)O[C@@H](C(=O)O)[C@@H](OC(C)=O)C(=O)O[C@H](C(=O)OC1=CC[C@@]2(O)[C@@H]3Cc4ccc(O)c5c4[C@@]2(CCN3C)[C@H]1O5)c1ccccc1. The molecule has 6 rings (SSSR count). The van der Waals surface area contributed by atoms with E-state index in [2.05, 4.69) is 4.90 Å². The van der Waals surface area contributed by atoms with Crippen LogP contribution < -0.4 is 4.74 Å². The van der Waals surface area contributed by atoms with E-state index in [1.807, 2.05) is 13.1 Å². The highest BCUT2D eigenvalue weighted by molar-refractivity contribution is 5.90. The van der Waals surface area contributed by atoms with Crippen molar-refractivity contribution in [3.8, 4) is 11.5 Å². The van der Waals surface area contributed by atoms with Crippen LogP contribution >= 0.6 is 0 Å². The third-order valence-electron chi connectivity index (χ3n) is 9.46. The lowest BCUT2D eigenvalue weighted by molar-refractivity contribution is -0.194. The Bertz CT molecular complexity index is 1690. The molecule has 1 saturated heterocycles. The number of carboxylic acid groups (broad SMARTS) is 1. The molecule has 0 saturated carbocycles. The number of carbonyl (C=O) groups excluding carboxylic acids is 4. The number of aliphatic hydroxyl groups is 1. The van der Waals surface area contributed by atoms with Crippen molar-refractivity contribution >= 4 is 29.8 Å². The van der Waals surface area contributed by atoms with Crippen molar-refractivity contribution in [1.82, 2.24) is 4.90 Å². The van der Waals surface area contributed by atoms with Crippen LogP contribution in [-0.4, -0.2) is 93.6 Å². The molecule has 7 atom stereocenters. The highest BCUT2D eigenvalue weighted by Gasteiger charge is 2.72. The number of ether oxygens (including phenoxy) is 5. The van der Waals surface area contributed by atoms with E-state index in [-0.39, 0.29) is 35.3 Å². The molecule has 2 bridgehead atoms. The molecule has 248 valence electrons. The average Bonchev–Trinajstić information content (AvgIpc) is 3.38. The topological polar surface area (TPSA) is 195 Å². The molecule has 2 heterocycles. The number of likely N-dealkylation sites (tertiary alicyclic amines) is 1. The fraction of sp³-hybridized carbons (Fsp3) is 0.424. The molecule has 0 amide bonds. The Balaban J connectivity index is 1.34. The highest BCUT2D eigenvalue weighted by Crippen LogP contribution is 2.65. The van der Waals surface area contributed by atoms with Gasteiger partial charge in [-0.1, -0.05) is 36.4 Å². The van der Waals surface area contributed by atoms with Crippen molar-refractivity contribution in [2.24, 2.45) is 0 Å². The smallest absolute Gasteiger partial charge is 0.357 e. The largest absolute Gasteiger partial charge is 0.504 e. The molecule has 0 radical (unpaired) electrons. The van der Waals surface area contributed by atoms with E-state index in [4.69, 9.17) is 23.7 Å². The van der Waals surface area contributed by atoms with Crippen molar-refractivity contribution in [2.75, 3.05) is 13.6 Å². The Hall–Kier alpha value is -4.95. The van der Waals surface area contributed by atoms with Crippen LogP contribution in [0.1, 0.15) is 49.5 Å². The maximum absolute atomic E-state index is 13.9. The first-order chi connectivity index (χ1) is 22.3. The lowest BCUT2D eigenvalue weighted by Crippen LogP contribution is -2.74. The summed E-state index contributed by atoms with van der Waals surface area (Å²) in [7, 11) is 1.93. The van der Waals surface area contributed by atoms with Gasteiger partial charge in [0.25, 0.3) is 0 Å². The van der Waals surface area contributed by atoms with Crippen molar-refractivity contribution in [3.05, 3.63) is 71.0 Å². The number of aromatic hydroxyl groups is 1. The molecule has 2 aliphatic carbocycles. The predicted octanol–water partition coefficient (Wildman–Crippen LogP) is 1.45. The number of hydrogen-bond acceptors (Lipinski definition) is 13. The minimum absolute atomic E-state index is 0.0308. The number of piperidine rings is 1. The molecule has 1 spiro atoms. The summed E-state index contributed by atoms with van der Waals surface area (Å²) in [5.41, 5.74) is -0.671. The van der Waals surface area contributed by atoms with Gasteiger partial charge in [0.2, 0.25) is 18.3 Å². The summed E-state index contributed by atoms with van der Waals surface area (Å²) in [6.45, 7) is 2.41. The molecular weight excluding hydrogens is 618 g/mol. The minimum Gasteiger partial charge on any atom is -0.504 e. The molecule has 47 heavy (non-hydrogen) atoms. The number of nitrogens with zero attached hydrogens (tertiary/aromatic N) is 1. The Labute approximate surface area is 268 Å². The lowest BCUT2D eigenvalue weighted by atomic mass is 9.50. The summed E-state index contributed by atoms with van der Waals surface area (Å²) in [6.07, 6.45) is -4.78. The van der Waals surface area contributed by atoms with E-state index in [9.17, 15) is 39.3 Å². The summed E-state index contributed by atoms with van der Waals surface area (Å²) in [4.78, 5) is 64.7. The third kappa shape index (κ3) is 5.08. The van der Waals surface area contributed by atoms with Crippen LogP contribution in [0.5, 0.6) is 11.5 Å². The molecule has 0 aromatic heterocycles. The van der Waals surface area contributed by atoms with Crippen LogP contribution in [0.15, 0.2) is 54.3 Å². The van der Waals surface area contributed by atoms with Crippen LogP contribution in [0.4, 0.5) is 0 Å². The number of aliphatic carboxylic acids is 1. The molecule has 4 aliphatic rings. The predicted molar refractivity (Wildman–Crippen MR) is 157 cm³/mol. The van der Waals surface area contributed by atoms with Crippen LogP contribution in [-0.2, 0) is 54.8 Å². The Morgan fingerprint density at radius 3 is 2.30 bits per heavy atom. The van der Waals surface area contributed by atoms with Gasteiger partial charge in [-0.2, -0.15) is 0 Å². The van der Waals surface area contributed by atoms with Gasteiger partial charge in [0.1, 0.15) is 5.76 Å². The van der Waals surface area contributed by atoms with Crippen LogP contribution in [0.3, 0.4) is 0 Å². The van der Waals surface area contributed by atoms with Gasteiger partial charge in [-0.05, 0) is 44.1 Å². The zero-order valence-electron chi connectivity index (χ0n) is 25.7. The number of rotatable bonds is 9. The molecule has 3 N–H and O–H groups in total. The molecule has 14 heteroatoms. The van der Waals surface area contributed by atoms with E-state index < -0.39 is 65.3 Å². The van der Waals surface area contributed by atoms with Crippen molar-refractivity contribution in [1.29, 1.82) is 0 Å². The number of phenols is 1. The normalized spacial score (nSPS) is 27.1. The van der Waals surface area contributed by atoms with Crippen molar-refractivity contribution in [3.63, 3.8) is 0 Å². The number of phenolic OH excluding ortho intramolecular Hbond substituents is 1. The number of hydrogen-bond donors (Lipinski definition) is 3. The Morgan fingerprint density at radius 1 is 0.957 bits per heavy atom. The summed E-state index contributed by atoms with van der Waals surface area (Å²) >= 11 is 0. The van der Waals surface area contributed by atoms with Gasteiger partial charge >= 0.3 is 29.8 Å². The standard InChI is InChI=1S/C33H33NO13/c1-16(35)43-26(29(38)39)27(44-17(2)36)31(41)47-24(18-7-5-4-6-8-18)30(40)45-21-11-12-33(42)22-15-19-9-10-20(37)25-23(19)32(33,28(21)46-25)13-14-34(22)3/h4-11,22,24,26-28,37,42H,12-15H2,1-3H3,(H,38,39)/t22-,24-,26+,27+,28-,32-,33+/m0/s1. The van der Waals surface area contributed by atoms with Crippen LogP contribution in [0, 0.1) is 0 Å². The van der Waals surface area contributed by atoms with Gasteiger partial charge in [-0.3, -0.25) is 9.59 Å². The second-order valence-electron chi connectivity index (χ2n) is 12.1. The number of benzene rings is 2. The minimum atomic E-state index is -2.27. The molecule has 2 aromatic rings. The number of carboxylic acids is 1. The average molecular weight is 652 g/mol. The summed E-state index contributed by atoms with van der Waals surface area (Å²) in [5, 5.41) is 32.8. The summed E-state index contributed by atoms with van der Waals surface area (Å²) in [6, 6.07) is 10.7. The zero-order valence-corrected chi connectivity index (χ0v) is 25.7. The molecular formula is C33H33NO13. The quantitative estimate of drug-likeness (QED) is 0.260. The molecule has 0 unspecified atom stereocenters. The maximum Gasteiger partial charge on any atom is 0.357 e.